The number of hydrogen-bond donors (Lipinski definition) is 2. The van der Waals surface area contributed by atoms with Gasteiger partial charge in [-0.15, -0.1) is 0 Å². The fourth-order valence-corrected chi connectivity index (χ4v) is 1.31. The average molecular weight is 258 g/mol. The van der Waals surface area contributed by atoms with E-state index in [0.29, 0.717) is 0 Å². The van der Waals surface area contributed by atoms with E-state index in [1.165, 1.54) is 0 Å². The first-order valence-corrected chi connectivity index (χ1v) is 6.58. The Hall–Kier alpha value is -1.74. The Kier molecular flexibility index (Phi) is 13.0. The van der Waals surface area contributed by atoms with Crippen LogP contribution in [0, 0.1) is 23.7 Å². The van der Waals surface area contributed by atoms with Crippen LogP contribution in [0.5, 0.6) is 0 Å². The maximum atomic E-state index is 9.50. The number of aliphatic hydroxyl groups is 2. The topological polar surface area (TPSA) is 40.5 Å². The maximum absolute atomic E-state index is 9.50. The van der Waals surface area contributed by atoms with Gasteiger partial charge in [-0.2, -0.15) is 0 Å². The minimum Gasteiger partial charge on any atom is -0.393 e. The van der Waals surface area contributed by atoms with Gasteiger partial charge < -0.3 is 10.2 Å². The first kappa shape index (κ1) is 17.3. The molecule has 19 heavy (non-hydrogen) atoms. The van der Waals surface area contributed by atoms with Crippen molar-refractivity contribution in [1.29, 1.82) is 0 Å². The summed E-state index contributed by atoms with van der Waals surface area (Å²) in [5.41, 5.74) is 0. The van der Waals surface area contributed by atoms with Crippen LogP contribution in [0.1, 0.15) is 32.6 Å². The lowest BCUT2D eigenvalue weighted by Gasteiger charge is -2.05. The lowest BCUT2D eigenvalue weighted by atomic mass is 10.1. The lowest BCUT2D eigenvalue weighted by molar-refractivity contribution is 0.155. The van der Waals surface area contributed by atoms with Crippen molar-refractivity contribution in [2.45, 2.75) is 38.7 Å². The molecule has 0 bridgehead atoms. The molecule has 1 atom stereocenters. The summed E-state index contributed by atoms with van der Waals surface area (Å²) >= 11 is 0. The lowest BCUT2D eigenvalue weighted by Crippen LogP contribution is -2.04. The molecule has 0 unspecified atom stereocenters. The zero-order valence-electron chi connectivity index (χ0n) is 11.5. The van der Waals surface area contributed by atoms with Gasteiger partial charge in [-0.1, -0.05) is 49.5 Å². The second-order valence-electron chi connectivity index (χ2n) is 3.93. The van der Waals surface area contributed by atoms with Gasteiger partial charge in [-0.25, -0.2) is 0 Å². The van der Waals surface area contributed by atoms with Crippen molar-refractivity contribution in [3.05, 3.63) is 36.5 Å². The van der Waals surface area contributed by atoms with Crippen LogP contribution in [-0.2, 0) is 0 Å². The minimum absolute atomic E-state index is 0.000239. The van der Waals surface area contributed by atoms with Crippen molar-refractivity contribution in [2.75, 3.05) is 6.61 Å². The molecule has 0 radical (unpaired) electrons. The highest BCUT2D eigenvalue weighted by molar-refractivity contribution is 5.34. The monoisotopic (exact) mass is 258 g/mol. The van der Waals surface area contributed by atoms with Crippen molar-refractivity contribution in [3.8, 4) is 23.7 Å². The molecule has 0 aliphatic rings. The van der Waals surface area contributed by atoms with Gasteiger partial charge in [0.25, 0.3) is 0 Å². The molecule has 0 aliphatic heterocycles. The number of allylic oxidation sites excluding steroid dienone is 5. The van der Waals surface area contributed by atoms with Gasteiger partial charge in [0.2, 0.25) is 0 Å². The minimum atomic E-state index is -0.180. The maximum Gasteiger partial charge on any atom is 0.0621 e. The molecule has 102 valence electrons. The van der Waals surface area contributed by atoms with E-state index < -0.39 is 0 Å². The summed E-state index contributed by atoms with van der Waals surface area (Å²) in [5.74, 6) is 10.8. The smallest absolute Gasteiger partial charge is 0.0621 e. The Morgan fingerprint density at radius 2 is 1.74 bits per heavy atom. The third-order valence-electron chi connectivity index (χ3n) is 2.23. The van der Waals surface area contributed by atoms with Gasteiger partial charge in [0.05, 0.1) is 12.7 Å². The van der Waals surface area contributed by atoms with Crippen LogP contribution >= 0.6 is 0 Å². The van der Waals surface area contributed by atoms with E-state index in [-0.39, 0.29) is 12.7 Å². The van der Waals surface area contributed by atoms with Gasteiger partial charge in [0.15, 0.2) is 0 Å². The normalized spacial score (nSPS) is 12.4. The number of hydrogen-bond acceptors (Lipinski definition) is 2. The van der Waals surface area contributed by atoms with Crippen LogP contribution in [-0.4, -0.2) is 22.9 Å². The molecule has 0 fully saturated rings. The molecule has 0 saturated carbocycles. The number of aliphatic hydroxyl groups excluding tert-OH is 2. The van der Waals surface area contributed by atoms with Crippen LogP contribution in [0.25, 0.3) is 0 Å². The summed E-state index contributed by atoms with van der Waals surface area (Å²) in [5, 5.41) is 17.9. The number of rotatable bonds is 7. The molecule has 0 aliphatic carbocycles. The largest absolute Gasteiger partial charge is 0.393 e. The molecule has 0 aromatic heterocycles. The highest BCUT2D eigenvalue weighted by Crippen LogP contribution is 2.04. The second kappa shape index (κ2) is 14.3. The van der Waals surface area contributed by atoms with Crippen LogP contribution in [0.15, 0.2) is 36.5 Å². The van der Waals surface area contributed by atoms with E-state index in [0.717, 1.165) is 25.7 Å². The Morgan fingerprint density at radius 1 is 1.00 bits per heavy atom. The van der Waals surface area contributed by atoms with E-state index in [2.05, 4.69) is 30.6 Å². The molecule has 2 heteroatoms. The molecule has 0 rings (SSSR count). The molecular weight excluding hydrogens is 236 g/mol. The summed E-state index contributed by atoms with van der Waals surface area (Å²) in [4.78, 5) is 0. The van der Waals surface area contributed by atoms with Crippen LogP contribution in [0.3, 0.4) is 0 Å². The standard InChI is InChI=1S/C17H22O2/c1-2-14-17(19)15-12-10-8-6-4-3-5-7-9-11-13-16-18/h4,6,8,10-11,13,17-19H,2,12,14-16H2,1H3/b6-4+,10-8+,13-11-/t17-/m1/s1. The Morgan fingerprint density at radius 3 is 2.42 bits per heavy atom. The molecule has 0 aromatic carbocycles. The Labute approximate surface area is 116 Å². The van der Waals surface area contributed by atoms with E-state index in [1.807, 2.05) is 18.2 Å². The highest BCUT2D eigenvalue weighted by Gasteiger charge is 1.98. The van der Waals surface area contributed by atoms with Crippen molar-refractivity contribution >= 4 is 0 Å². The van der Waals surface area contributed by atoms with Crippen molar-refractivity contribution < 1.29 is 10.2 Å². The summed E-state index contributed by atoms with van der Waals surface area (Å²) in [6.45, 7) is 2.07. The Balaban J connectivity index is 3.75. The zero-order valence-corrected chi connectivity index (χ0v) is 11.5. The van der Waals surface area contributed by atoms with Crippen LogP contribution < -0.4 is 0 Å². The molecule has 0 aromatic rings. The first-order chi connectivity index (χ1) is 9.31. The molecule has 2 nitrogen and oxygen atoms in total. The van der Waals surface area contributed by atoms with Gasteiger partial charge >= 0.3 is 0 Å². The quantitative estimate of drug-likeness (QED) is 0.544. The molecule has 2 N–H and O–H groups in total. The predicted octanol–water partition coefficient (Wildman–Crippen LogP) is 2.60. The van der Waals surface area contributed by atoms with Crippen LogP contribution in [0.4, 0.5) is 0 Å². The van der Waals surface area contributed by atoms with Gasteiger partial charge in [-0.3, -0.25) is 0 Å². The molecule has 0 amide bonds. The summed E-state index contributed by atoms with van der Waals surface area (Å²) < 4.78 is 0. The third-order valence-corrected chi connectivity index (χ3v) is 2.23. The Bertz CT molecular complexity index is 408. The van der Waals surface area contributed by atoms with Crippen molar-refractivity contribution in [2.24, 2.45) is 0 Å². The van der Waals surface area contributed by atoms with Crippen molar-refractivity contribution in [3.63, 3.8) is 0 Å². The molecule has 0 heterocycles. The SMILES string of the molecule is CCC[C@@H](O)CC/C=C/C=C/C#CC#C/C=C\CO. The third kappa shape index (κ3) is 14.2. The fourth-order valence-electron chi connectivity index (χ4n) is 1.31. The summed E-state index contributed by atoms with van der Waals surface area (Å²) in [6, 6.07) is 0. The predicted molar refractivity (Wildman–Crippen MR) is 80.2 cm³/mol. The average Bonchev–Trinajstić information content (AvgIpc) is 2.40. The molecule has 0 spiro atoms. The van der Waals surface area contributed by atoms with Gasteiger partial charge in [0, 0.05) is 0 Å². The van der Waals surface area contributed by atoms with E-state index in [4.69, 9.17) is 5.11 Å². The zero-order chi connectivity index (χ0) is 14.2. The second-order valence-corrected chi connectivity index (χ2v) is 3.93. The van der Waals surface area contributed by atoms with Crippen molar-refractivity contribution in [1.82, 2.24) is 0 Å². The summed E-state index contributed by atoms with van der Waals surface area (Å²) in [7, 11) is 0. The summed E-state index contributed by atoms with van der Waals surface area (Å²) in [6.07, 6.45) is 14.1. The molecular formula is C17H22O2. The molecule has 0 saturated heterocycles. The van der Waals surface area contributed by atoms with E-state index in [1.54, 1.807) is 18.2 Å². The fraction of sp³-hybridized carbons (Fsp3) is 0.412. The van der Waals surface area contributed by atoms with E-state index >= 15 is 0 Å². The highest BCUT2D eigenvalue weighted by atomic mass is 16.3. The van der Waals surface area contributed by atoms with Gasteiger partial charge in [0.1, 0.15) is 0 Å². The van der Waals surface area contributed by atoms with Crippen LogP contribution in [0.2, 0.25) is 0 Å². The van der Waals surface area contributed by atoms with E-state index in [9.17, 15) is 5.11 Å². The first-order valence-electron chi connectivity index (χ1n) is 6.58. The van der Waals surface area contributed by atoms with Gasteiger partial charge in [-0.05, 0) is 43.3 Å².